The molecular formula is C12H19NO. The van der Waals surface area contributed by atoms with Crippen LogP contribution in [0.2, 0.25) is 0 Å². The van der Waals surface area contributed by atoms with E-state index in [0.29, 0.717) is 0 Å². The third-order valence-electron chi connectivity index (χ3n) is 2.42. The summed E-state index contributed by atoms with van der Waals surface area (Å²) in [6, 6.07) is 8.11. The van der Waals surface area contributed by atoms with Crippen LogP contribution in [0.25, 0.3) is 0 Å². The van der Waals surface area contributed by atoms with Gasteiger partial charge < -0.3 is 10.4 Å². The minimum absolute atomic E-state index is 0.0997. The van der Waals surface area contributed by atoms with Gasteiger partial charge in [0.05, 0.1) is 6.10 Å². The van der Waals surface area contributed by atoms with Crippen molar-refractivity contribution in [2.24, 2.45) is 0 Å². The van der Waals surface area contributed by atoms with E-state index in [9.17, 15) is 5.11 Å². The molecule has 78 valence electrons. The van der Waals surface area contributed by atoms with E-state index in [-0.39, 0.29) is 6.04 Å². The van der Waals surface area contributed by atoms with Gasteiger partial charge in [-0.25, -0.2) is 0 Å². The van der Waals surface area contributed by atoms with Gasteiger partial charge in [0.1, 0.15) is 0 Å². The molecule has 0 amide bonds. The summed E-state index contributed by atoms with van der Waals surface area (Å²) in [4.78, 5) is 0. The Morgan fingerprint density at radius 1 is 1.29 bits per heavy atom. The molecule has 2 heteroatoms. The number of aryl methyl sites for hydroxylation is 1. The fourth-order valence-corrected chi connectivity index (χ4v) is 1.49. The van der Waals surface area contributed by atoms with E-state index in [0.717, 1.165) is 12.1 Å². The number of rotatable bonds is 4. The standard InChI is InChI=1S/C12H19NO/c1-4-13-10(3)12(14)11-7-5-9(2)6-8-11/h5-8,10,12-14H,4H2,1-3H3/t10-,12+/m1/s1. The number of hydrogen-bond donors (Lipinski definition) is 2. The first-order valence-electron chi connectivity index (χ1n) is 5.13. The van der Waals surface area contributed by atoms with Crippen LogP contribution < -0.4 is 5.32 Å². The Bertz CT molecular complexity index is 268. The van der Waals surface area contributed by atoms with E-state index < -0.39 is 6.10 Å². The molecule has 2 N–H and O–H groups in total. The molecule has 0 radical (unpaired) electrons. The van der Waals surface area contributed by atoms with Crippen molar-refractivity contribution in [3.63, 3.8) is 0 Å². The Balaban J connectivity index is 2.68. The minimum atomic E-state index is -0.421. The summed E-state index contributed by atoms with van der Waals surface area (Å²) in [5.74, 6) is 0. The molecule has 0 bridgehead atoms. The molecule has 2 nitrogen and oxygen atoms in total. The van der Waals surface area contributed by atoms with Crippen molar-refractivity contribution in [3.05, 3.63) is 35.4 Å². The summed E-state index contributed by atoms with van der Waals surface area (Å²) in [6.45, 7) is 6.96. The van der Waals surface area contributed by atoms with E-state index in [1.165, 1.54) is 5.56 Å². The van der Waals surface area contributed by atoms with Crippen molar-refractivity contribution in [3.8, 4) is 0 Å². The summed E-state index contributed by atoms with van der Waals surface area (Å²) >= 11 is 0. The maximum Gasteiger partial charge on any atom is 0.0940 e. The Morgan fingerprint density at radius 2 is 1.86 bits per heavy atom. The zero-order valence-electron chi connectivity index (χ0n) is 9.12. The summed E-state index contributed by atoms with van der Waals surface area (Å²) in [5.41, 5.74) is 2.20. The normalized spacial score (nSPS) is 15.1. The molecule has 0 aliphatic heterocycles. The van der Waals surface area contributed by atoms with Crippen molar-refractivity contribution >= 4 is 0 Å². The lowest BCUT2D eigenvalue weighted by atomic mass is 10.0. The second-order valence-corrected chi connectivity index (χ2v) is 3.70. The number of nitrogens with one attached hydrogen (secondary N) is 1. The molecule has 2 atom stereocenters. The van der Waals surface area contributed by atoms with E-state index in [1.54, 1.807) is 0 Å². The Hall–Kier alpha value is -0.860. The number of likely N-dealkylation sites (N-methyl/N-ethyl adjacent to an activating group) is 1. The van der Waals surface area contributed by atoms with Gasteiger partial charge in [0.25, 0.3) is 0 Å². The van der Waals surface area contributed by atoms with Gasteiger partial charge in [-0.05, 0) is 26.0 Å². The molecule has 0 saturated carbocycles. The summed E-state index contributed by atoms with van der Waals surface area (Å²) < 4.78 is 0. The molecule has 0 aromatic heterocycles. The highest BCUT2D eigenvalue weighted by Gasteiger charge is 2.14. The molecule has 0 saturated heterocycles. The van der Waals surface area contributed by atoms with Gasteiger partial charge in [-0.1, -0.05) is 36.8 Å². The Labute approximate surface area is 86.0 Å². The fourth-order valence-electron chi connectivity index (χ4n) is 1.49. The van der Waals surface area contributed by atoms with Crippen molar-refractivity contribution in [2.75, 3.05) is 6.54 Å². The average Bonchev–Trinajstić information content (AvgIpc) is 2.18. The minimum Gasteiger partial charge on any atom is -0.387 e. The van der Waals surface area contributed by atoms with E-state index in [2.05, 4.69) is 5.32 Å². The van der Waals surface area contributed by atoms with Crippen LogP contribution in [0.15, 0.2) is 24.3 Å². The van der Waals surface area contributed by atoms with Crippen LogP contribution in [0.3, 0.4) is 0 Å². The third kappa shape index (κ3) is 2.82. The zero-order valence-corrected chi connectivity index (χ0v) is 9.12. The van der Waals surface area contributed by atoms with Crippen LogP contribution in [-0.4, -0.2) is 17.7 Å². The van der Waals surface area contributed by atoms with Crippen molar-refractivity contribution < 1.29 is 5.11 Å². The maximum atomic E-state index is 9.95. The van der Waals surface area contributed by atoms with Gasteiger partial charge in [0.2, 0.25) is 0 Å². The average molecular weight is 193 g/mol. The van der Waals surface area contributed by atoms with Crippen LogP contribution in [0.4, 0.5) is 0 Å². The SMILES string of the molecule is CCN[C@H](C)[C@H](O)c1ccc(C)cc1. The topological polar surface area (TPSA) is 32.3 Å². The predicted molar refractivity (Wildman–Crippen MR) is 59.3 cm³/mol. The second-order valence-electron chi connectivity index (χ2n) is 3.70. The highest BCUT2D eigenvalue weighted by molar-refractivity contribution is 5.23. The monoisotopic (exact) mass is 193 g/mol. The fraction of sp³-hybridized carbons (Fsp3) is 0.500. The van der Waals surface area contributed by atoms with Crippen molar-refractivity contribution in [2.45, 2.75) is 32.9 Å². The molecule has 1 rings (SSSR count). The molecule has 0 fully saturated rings. The van der Waals surface area contributed by atoms with Crippen LogP contribution in [0.5, 0.6) is 0 Å². The molecule has 0 heterocycles. The van der Waals surface area contributed by atoms with Gasteiger partial charge >= 0.3 is 0 Å². The molecule has 0 aliphatic rings. The molecule has 1 aromatic carbocycles. The molecule has 0 aliphatic carbocycles. The Kier molecular flexibility index (Phi) is 4.11. The smallest absolute Gasteiger partial charge is 0.0940 e. The van der Waals surface area contributed by atoms with Crippen molar-refractivity contribution in [1.82, 2.24) is 5.32 Å². The lowest BCUT2D eigenvalue weighted by molar-refractivity contribution is 0.137. The lowest BCUT2D eigenvalue weighted by Crippen LogP contribution is -2.31. The van der Waals surface area contributed by atoms with Crippen LogP contribution in [0.1, 0.15) is 31.1 Å². The van der Waals surface area contributed by atoms with Crippen LogP contribution >= 0.6 is 0 Å². The molecular weight excluding hydrogens is 174 g/mol. The van der Waals surface area contributed by atoms with Crippen LogP contribution in [0, 0.1) is 6.92 Å². The van der Waals surface area contributed by atoms with Gasteiger partial charge in [0.15, 0.2) is 0 Å². The molecule has 0 unspecified atom stereocenters. The zero-order chi connectivity index (χ0) is 10.6. The number of benzene rings is 1. The lowest BCUT2D eigenvalue weighted by Gasteiger charge is -2.19. The number of hydrogen-bond acceptors (Lipinski definition) is 2. The maximum absolute atomic E-state index is 9.95. The molecule has 14 heavy (non-hydrogen) atoms. The highest BCUT2D eigenvalue weighted by Crippen LogP contribution is 2.16. The number of aliphatic hydroxyl groups is 1. The van der Waals surface area contributed by atoms with E-state index in [4.69, 9.17) is 0 Å². The molecule has 1 aromatic rings. The first-order chi connectivity index (χ1) is 6.65. The van der Waals surface area contributed by atoms with Crippen molar-refractivity contribution in [1.29, 1.82) is 0 Å². The van der Waals surface area contributed by atoms with Gasteiger partial charge in [-0.15, -0.1) is 0 Å². The first-order valence-corrected chi connectivity index (χ1v) is 5.13. The van der Waals surface area contributed by atoms with E-state index >= 15 is 0 Å². The first kappa shape index (κ1) is 11.2. The van der Waals surface area contributed by atoms with Gasteiger partial charge in [-0.3, -0.25) is 0 Å². The number of aliphatic hydroxyl groups excluding tert-OH is 1. The van der Waals surface area contributed by atoms with E-state index in [1.807, 2.05) is 45.0 Å². The summed E-state index contributed by atoms with van der Waals surface area (Å²) in [7, 11) is 0. The van der Waals surface area contributed by atoms with Gasteiger partial charge in [0, 0.05) is 6.04 Å². The predicted octanol–water partition coefficient (Wildman–Crippen LogP) is 2.03. The second kappa shape index (κ2) is 5.13. The van der Waals surface area contributed by atoms with Crippen LogP contribution in [-0.2, 0) is 0 Å². The summed E-state index contributed by atoms with van der Waals surface area (Å²) in [5, 5.41) is 13.2. The quantitative estimate of drug-likeness (QED) is 0.767. The third-order valence-corrected chi connectivity index (χ3v) is 2.42. The molecule has 0 spiro atoms. The highest BCUT2D eigenvalue weighted by atomic mass is 16.3. The Morgan fingerprint density at radius 3 is 2.36 bits per heavy atom. The largest absolute Gasteiger partial charge is 0.387 e. The van der Waals surface area contributed by atoms with Gasteiger partial charge in [-0.2, -0.15) is 0 Å². The summed E-state index contributed by atoms with van der Waals surface area (Å²) in [6.07, 6.45) is -0.421.